The van der Waals surface area contributed by atoms with Gasteiger partial charge in [-0.05, 0) is 37.7 Å². The Labute approximate surface area is 158 Å². The van der Waals surface area contributed by atoms with E-state index in [1.165, 1.54) is 6.20 Å². The lowest BCUT2D eigenvalue weighted by Crippen LogP contribution is -2.48. The Hall–Kier alpha value is -2.31. The molecule has 2 atom stereocenters. The predicted molar refractivity (Wildman–Crippen MR) is 101 cm³/mol. The summed E-state index contributed by atoms with van der Waals surface area (Å²) in [5.74, 6) is 1.85. The highest BCUT2D eigenvalue weighted by molar-refractivity contribution is 6.30. The van der Waals surface area contributed by atoms with Crippen LogP contribution in [0.25, 0.3) is 0 Å². The highest BCUT2D eigenvalue weighted by Gasteiger charge is 2.27. The van der Waals surface area contributed by atoms with Crippen molar-refractivity contribution in [2.24, 2.45) is 0 Å². The molecule has 3 rings (SSSR count). The third-order valence-corrected chi connectivity index (χ3v) is 4.54. The number of rotatable bonds is 6. The number of hydrogen-bond acceptors (Lipinski definition) is 5. The number of para-hydroxylation sites is 2. The van der Waals surface area contributed by atoms with Crippen LogP contribution in [0, 0.1) is 0 Å². The fourth-order valence-corrected chi connectivity index (χ4v) is 2.93. The number of hydrogen-bond donors (Lipinski definition) is 1. The third-order valence-electron chi connectivity index (χ3n) is 4.32. The van der Waals surface area contributed by atoms with E-state index in [0.717, 1.165) is 11.5 Å². The number of pyridine rings is 1. The molecule has 26 heavy (non-hydrogen) atoms. The first-order chi connectivity index (χ1) is 12.6. The standard InChI is InChI=1S/C19H22ClN3O3/c1-3-23(11-15-12-25-16-6-4-5-7-17(16)26-15)13(2)19(24)22-18-9-8-14(20)10-21-18/h4-10,13,15H,3,11-12H2,1-2H3,(H,21,22,24). The molecule has 6 nitrogen and oxygen atoms in total. The van der Waals surface area contributed by atoms with E-state index >= 15 is 0 Å². The molecule has 0 saturated heterocycles. The van der Waals surface area contributed by atoms with Crippen LogP contribution < -0.4 is 14.8 Å². The number of nitrogens with zero attached hydrogens (tertiary/aromatic N) is 2. The molecule has 1 aliphatic rings. The number of nitrogens with one attached hydrogen (secondary N) is 1. The van der Waals surface area contributed by atoms with Gasteiger partial charge >= 0.3 is 0 Å². The van der Waals surface area contributed by atoms with E-state index in [-0.39, 0.29) is 18.1 Å². The van der Waals surface area contributed by atoms with Crippen LogP contribution in [0.5, 0.6) is 11.5 Å². The Morgan fingerprint density at radius 2 is 2.12 bits per heavy atom. The van der Waals surface area contributed by atoms with Gasteiger partial charge in [0.25, 0.3) is 0 Å². The normalized spacial score (nSPS) is 17.0. The number of fused-ring (bicyclic) bond motifs is 1. The summed E-state index contributed by atoms with van der Waals surface area (Å²) in [5.41, 5.74) is 0. The molecule has 2 heterocycles. The molecule has 0 saturated carbocycles. The summed E-state index contributed by atoms with van der Waals surface area (Å²) in [4.78, 5) is 18.7. The monoisotopic (exact) mass is 375 g/mol. The molecule has 0 spiro atoms. The Morgan fingerprint density at radius 3 is 2.81 bits per heavy atom. The molecule has 0 bridgehead atoms. The number of likely N-dealkylation sites (N-methyl/N-ethyl adjacent to an activating group) is 1. The van der Waals surface area contributed by atoms with Crippen LogP contribution >= 0.6 is 11.6 Å². The van der Waals surface area contributed by atoms with Crippen LogP contribution in [-0.2, 0) is 4.79 Å². The number of anilines is 1. The van der Waals surface area contributed by atoms with Crippen molar-refractivity contribution in [1.82, 2.24) is 9.88 Å². The summed E-state index contributed by atoms with van der Waals surface area (Å²) < 4.78 is 11.8. The summed E-state index contributed by atoms with van der Waals surface area (Å²) in [6, 6.07) is 10.6. The predicted octanol–water partition coefficient (Wildman–Crippen LogP) is 3.22. The van der Waals surface area contributed by atoms with Gasteiger partial charge in [0.15, 0.2) is 11.5 Å². The molecule has 1 amide bonds. The Balaban J connectivity index is 1.59. The molecule has 1 aromatic heterocycles. The minimum Gasteiger partial charge on any atom is -0.486 e. The maximum absolute atomic E-state index is 12.5. The summed E-state index contributed by atoms with van der Waals surface area (Å²) >= 11 is 5.82. The molecule has 7 heteroatoms. The van der Waals surface area contributed by atoms with Gasteiger partial charge in [0.1, 0.15) is 18.5 Å². The van der Waals surface area contributed by atoms with Crippen molar-refractivity contribution >= 4 is 23.3 Å². The fourth-order valence-electron chi connectivity index (χ4n) is 2.82. The summed E-state index contributed by atoms with van der Waals surface area (Å²) in [6.07, 6.45) is 1.37. The van der Waals surface area contributed by atoms with E-state index < -0.39 is 0 Å². The maximum Gasteiger partial charge on any atom is 0.242 e. The Bertz CT molecular complexity index is 754. The third kappa shape index (κ3) is 4.45. The van der Waals surface area contributed by atoms with Gasteiger partial charge in [-0.25, -0.2) is 4.98 Å². The van der Waals surface area contributed by atoms with Gasteiger partial charge in [0.05, 0.1) is 11.1 Å². The van der Waals surface area contributed by atoms with Gasteiger partial charge < -0.3 is 14.8 Å². The van der Waals surface area contributed by atoms with Crippen LogP contribution in [0.4, 0.5) is 5.82 Å². The molecular formula is C19H22ClN3O3. The minimum absolute atomic E-state index is 0.126. The second-order valence-corrected chi connectivity index (χ2v) is 6.55. The molecule has 1 aliphatic heterocycles. The number of benzene rings is 1. The van der Waals surface area contributed by atoms with Crippen molar-refractivity contribution in [2.45, 2.75) is 26.0 Å². The number of halogens is 1. The van der Waals surface area contributed by atoms with Crippen molar-refractivity contribution in [2.75, 3.05) is 25.0 Å². The van der Waals surface area contributed by atoms with Crippen molar-refractivity contribution in [1.29, 1.82) is 0 Å². The van der Waals surface area contributed by atoms with Gasteiger partial charge in [-0.1, -0.05) is 30.7 Å². The average Bonchev–Trinajstić information content (AvgIpc) is 2.67. The van der Waals surface area contributed by atoms with Gasteiger partial charge in [-0.2, -0.15) is 0 Å². The molecule has 138 valence electrons. The molecule has 0 radical (unpaired) electrons. The zero-order chi connectivity index (χ0) is 18.5. The second-order valence-electron chi connectivity index (χ2n) is 6.11. The van der Waals surface area contributed by atoms with Crippen LogP contribution in [0.15, 0.2) is 42.6 Å². The molecule has 0 fully saturated rings. The number of carbonyl (C=O) groups excluding carboxylic acids is 1. The van der Waals surface area contributed by atoms with Crippen molar-refractivity contribution in [3.63, 3.8) is 0 Å². The zero-order valence-corrected chi connectivity index (χ0v) is 15.6. The SMILES string of the molecule is CCN(CC1COc2ccccc2O1)C(C)C(=O)Nc1ccc(Cl)cn1. The molecule has 1 N–H and O–H groups in total. The first-order valence-corrected chi connectivity index (χ1v) is 8.99. The lowest BCUT2D eigenvalue weighted by molar-refractivity contribution is -0.121. The topological polar surface area (TPSA) is 63.7 Å². The number of ether oxygens (including phenoxy) is 2. The van der Waals surface area contributed by atoms with Crippen LogP contribution in [0.1, 0.15) is 13.8 Å². The van der Waals surface area contributed by atoms with E-state index in [1.54, 1.807) is 12.1 Å². The Kier molecular flexibility index (Phi) is 5.96. The van der Waals surface area contributed by atoms with Gasteiger partial charge in [0.2, 0.25) is 5.91 Å². The quantitative estimate of drug-likeness (QED) is 0.839. The summed E-state index contributed by atoms with van der Waals surface area (Å²) in [6.45, 7) is 5.65. The van der Waals surface area contributed by atoms with E-state index in [0.29, 0.717) is 30.5 Å². The van der Waals surface area contributed by atoms with Crippen molar-refractivity contribution in [3.05, 3.63) is 47.6 Å². The molecule has 1 aromatic carbocycles. The lowest BCUT2D eigenvalue weighted by atomic mass is 10.2. The number of amides is 1. The fraction of sp³-hybridized carbons (Fsp3) is 0.368. The van der Waals surface area contributed by atoms with Crippen LogP contribution in [0.3, 0.4) is 0 Å². The van der Waals surface area contributed by atoms with Gasteiger partial charge in [-0.3, -0.25) is 9.69 Å². The highest BCUT2D eigenvalue weighted by atomic mass is 35.5. The zero-order valence-electron chi connectivity index (χ0n) is 14.8. The van der Waals surface area contributed by atoms with Gasteiger partial charge in [-0.15, -0.1) is 0 Å². The minimum atomic E-state index is -0.335. The van der Waals surface area contributed by atoms with Crippen molar-refractivity contribution < 1.29 is 14.3 Å². The lowest BCUT2D eigenvalue weighted by Gasteiger charge is -2.33. The average molecular weight is 376 g/mol. The van der Waals surface area contributed by atoms with Crippen LogP contribution in [0.2, 0.25) is 5.02 Å². The summed E-state index contributed by atoms with van der Waals surface area (Å²) in [5, 5.41) is 3.34. The first kappa shape index (κ1) is 18.5. The molecule has 0 aliphatic carbocycles. The van der Waals surface area contributed by atoms with E-state index in [1.807, 2.05) is 43.0 Å². The first-order valence-electron chi connectivity index (χ1n) is 8.61. The van der Waals surface area contributed by atoms with E-state index in [4.69, 9.17) is 21.1 Å². The van der Waals surface area contributed by atoms with Gasteiger partial charge in [0, 0.05) is 12.7 Å². The summed E-state index contributed by atoms with van der Waals surface area (Å²) in [7, 11) is 0. The van der Waals surface area contributed by atoms with E-state index in [9.17, 15) is 4.79 Å². The molecule has 2 unspecified atom stereocenters. The Morgan fingerprint density at radius 1 is 1.35 bits per heavy atom. The maximum atomic E-state index is 12.5. The molecule has 2 aromatic rings. The largest absolute Gasteiger partial charge is 0.486 e. The van der Waals surface area contributed by atoms with Crippen molar-refractivity contribution in [3.8, 4) is 11.5 Å². The number of aromatic nitrogens is 1. The van der Waals surface area contributed by atoms with Crippen LogP contribution in [-0.4, -0.2) is 47.6 Å². The smallest absolute Gasteiger partial charge is 0.242 e. The van der Waals surface area contributed by atoms with E-state index in [2.05, 4.69) is 10.3 Å². The number of carbonyl (C=O) groups is 1. The second kappa shape index (κ2) is 8.38. The highest BCUT2D eigenvalue weighted by Crippen LogP contribution is 2.31. The molecular weight excluding hydrogens is 354 g/mol.